The van der Waals surface area contributed by atoms with Crippen molar-refractivity contribution in [2.45, 2.75) is 19.8 Å². The van der Waals surface area contributed by atoms with E-state index in [4.69, 9.17) is 4.74 Å². The summed E-state index contributed by atoms with van der Waals surface area (Å²) in [5.41, 5.74) is 0.380. The lowest BCUT2D eigenvalue weighted by molar-refractivity contribution is 0.112. The molecule has 0 aromatic rings. The lowest BCUT2D eigenvalue weighted by atomic mass is 9.86. The molecule has 2 aliphatic rings. The zero-order valence-corrected chi connectivity index (χ0v) is 11.9. The standard InChI is InChI=1S/C13H26N2OS/c1-2-14-10-13(4-7-16-12-13)11-15-5-3-8-17-9-6-15/h14H,2-12H2,1H3. The van der Waals surface area contributed by atoms with Gasteiger partial charge in [-0.15, -0.1) is 0 Å². The fourth-order valence-corrected chi connectivity index (χ4v) is 3.71. The number of hydrogen-bond donors (Lipinski definition) is 1. The van der Waals surface area contributed by atoms with Gasteiger partial charge in [0.1, 0.15) is 0 Å². The zero-order valence-electron chi connectivity index (χ0n) is 11.0. The Morgan fingerprint density at radius 2 is 2.29 bits per heavy atom. The van der Waals surface area contributed by atoms with E-state index in [1.807, 2.05) is 0 Å². The molecule has 0 saturated carbocycles. The first-order valence-electron chi connectivity index (χ1n) is 6.93. The van der Waals surface area contributed by atoms with Crippen LogP contribution in [0.3, 0.4) is 0 Å². The van der Waals surface area contributed by atoms with Crippen molar-refractivity contribution in [1.82, 2.24) is 10.2 Å². The van der Waals surface area contributed by atoms with Crippen molar-refractivity contribution >= 4 is 11.8 Å². The molecule has 0 spiro atoms. The third-order valence-electron chi connectivity index (χ3n) is 3.81. The predicted molar refractivity (Wildman–Crippen MR) is 74.8 cm³/mol. The van der Waals surface area contributed by atoms with Gasteiger partial charge < -0.3 is 15.0 Å². The Morgan fingerprint density at radius 3 is 3.06 bits per heavy atom. The Hall–Kier alpha value is 0.230. The molecule has 2 heterocycles. The van der Waals surface area contributed by atoms with Gasteiger partial charge in [0.05, 0.1) is 6.61 Å². The minimum atomic E-state index is 0.380. The molecule has 2 saturated heterocycles. The lowest BCUT2D eigenvalue weighted by Gasteiger charge is -2.33. The summed E-state index contributed by atoms with van der Waals surface area (Å²) in [6, 6.07) is 0. The molecule has 4 heteroatoms. The van der Waals surface area contributed by atoms with Crippen LogP contribution < -0.4 is 5.32 Å². The molecule has 2 aliphatic heterocycles. The van der Waals surface area contributed by atoms with Crippen LogP contribution in [0.25, 0.3) is 0 Å². The Morgan fingerprint density at radius 1 is 1.35 bits per heavy atom. The molecule has 1 unspecified atom stereocenters. The summed E-state index contributed by atoms with van der Waals surface area (Å²) in [7, 11) is 0. The monoisotopic (exact) mass is 258 g/mol. The smallest absolute Gasteiger partial charge is 0.0547 e. The molecule has 0 aromatic heterocycles. The van der Waals surface area contributed by atoms with E-state index in [0.717, 1.165) is 26.3 Å². The normalized spacial score (nSPS) is 31.6. The van der Waals surface area contributed by atoms with E-state index in [2.05, 4.69) is 28.9 Å². The quantitative estimate of drug-likeness (QED) is 0.806. The van der Waals surface area contributed by atoms with Gasteiger partial charge in [0.2, 0.25) is 0 Å². The fraction of sp³-hybridized carbons (Fsp3) is 1.00. The third-order valence-corrected chi connectivity index (χ3v) is 4.86. The average molecular weight is 258 g/mol. The predicted octanol–water partition coefficient (Wildman–Crippen LogP) is 1.44. The molecule has 0 radical (unpaired) electrons. The summed E-state index contributed by atoms with van der Waals surface area (Å²) >= 11 is 2.11. The molecule has 3 nitrogen and oxygen atoms in total. The van der Waals surface area contributed by atoms with Crippen molar-refractivity contribution in [3.05, 3.63) is 0 Å². The molecular weight excluding hydrogens is 232 g/mol. The van der Waals surface area contributed by atoms with Crippen LogP contribution in [0.2, 0.25) is 0 Å². The van der Waals surface area contributed by atoms with E-state index < -0.39 is 0 Å². The maximum absolute atomic E-state index is 5.66. The van der Waals surface area contributed by atoms with Crippen LogP contribution in [0.15, 0.2) is 0 Å². The largest absolute Gasteiger partial charge is 0.381 e. The molecule has 2 rings (SSSR count). The maximum atomic E-state index is 5.66. The highest BCUT2D eigenvalue weighted by Gasteiger charge is 2.36. The van der Waals surface area contributed by atoms with Crippen LogP contribution in [0.1, 0.15) is 19.8 Å². The summed E-state index contributed by atoms with van der Waals surface area (Å²) in [5, 5.41) is 3.52. The minimum Gasteiger partial charge on any atom is -0.381 e. The second kappa shape index (κ2) is 6.98. The number of nitrogens with zero attached hydrogens (tertiary/aromatic N) is 1. The molecule has 1 N–H and O–H groups in total. The van der Waals surface area contributed by atoms with Gasteiger partial charge in [-0.05, 0) is 31.7 Å². The second-order valence-corrected chi connectivity index (χ2v) is 6.55. The van der Waals surface area contributed by atoms with Crippen molar-refractivity contribution in [2.24, 2.45) is 5.41 Å². The molecule has 100 valence electrons. The molecular formula is C13H26N2OS. The van der Waals surface area contributed by atoms with Crippen LogP contribution in [-0.2, 0) is 4.74 Å². The summed E-state index contributed by atoms with van der Waals surface area (Å²) in [6.07, 6.45) is 2.58. The molecule has 17 heavy (non-hydrogen) atoms. The Kier molecular flexibility index (Phi) is 5.60. The van der Waals surface area contributed by atoms with Crippen molar-refractivity contribution in [3.8, 4) is 0 Å². The maximum Gasteiger partial charge on any atom is 0.0547 e. The number of nitrogens with one attached hydrogen (secondary N) is 1. The SMILES string of the molecule is CCNCC1(CN2CCCSCC2)CCOC1. The molecule has 2 fully saturated rings. The first-order chi connectivity index (χ1) is 8.35. The Labute approximate surface area is 110 Å². The Bertz CT molecular complexity index is 211. The summed E-state index contributed by atoms with van der Waals surface area (Å²) in [6.45, 7) is 10.0. The van der Waals surface area contributed by atoms with Crippen LogP contribution in [-0.4, -0.2) is 62.3 Å². The van der Waals surface area contributed by atoms with Gasteiger partial charge in [-0.2, -0.15) is 11.8 Å². The topological polar surface area (TPSA) is 24.5 Å². The van der Waals surface area contributed by atoms with E-state index in [9.17, 15) is 0 Å². The fourth-order valence-electron chi connectivity index (χ4n) is 2.79. The molecule has 0 aliphatic carbocycles. The molecule has 1 atom stereocenters. The van der Waals surface area contributed by atoms with Crippen LogP contribution in [0.5, 0.6) is 0 Å². The van der Waals surface area contributed by atoms with E-state index in [1.165, 1.54) is 44.0 Å². The summed E-state index contributed by atoms with van der Waals surface area (Å²) in [5.74, 6) is 2.64. The average Bonchev–Trinajstić information content (AvgIpc) is 2.64. The molecule has 0 amide bonds. The second-order valence-electron chi connectivity index (χ2n) is 5.32. The molecule has 0 bridgehead atoms. The van der Waals surface area contributed by atoms with Gasteiger partial charge in [0.25, 0.3) is 0 Å². The summed E-state index contributed by atoms with van der Waals surface area (Å²) < 4.78 is 5.66. The van der Waals surface area contributed by atoms with Gasteiger partial charge >= 0.3 is 0 Å². The minimum absolute atomic E-state index is 0.380. The van der Waals surface area contributed by atoms with Crippen molar-refractivity contribution in [2.75, 3.05) is 57.4 Å². The first-order valence-corrected chi connectivity index (χ1v) is 8.09. The van der Waals surface area contributed by atoms with E-state index in [1.54, 1.807) is 0 Å². The zero-order chi connectivity index (χ0) is 12.0. The Balaban J connectivity index is 1.87. The van der Waals surface area contributed by atoms with Crippen LogP contribution >= 0.6 is 11.8 Å². The number of thioether (sulfide) groups is 1. The summed E-state index contributed by atoms with van der Waals surface area (Å²) in [4.78, 5) is 2.66. The van der Waals surface area contributed by atoms with Crippen molar-refractivity contribution in [3.63, 3.8) is 0 Å². The number of rotatable bonds is 5. The van der Waals surface area contributed by atoms with E-state index in [0.29, 0.717) is 5.41 Å². The highest BCUT2D eigenvalue weighted by atomic mass is 32.2. The van der Waals surface area contributed by atoms with Crippen molar-refractivity contribution in [1.29, 1.82) is 0 Å². The van der Waals surface area contributed by atoms with Gasteiger partial charge in [0.15, 0.2) is 0 Å². The van der Waals surface area contributed by atoms with Crippen LogP contribution in [0.4, 0.5) is 0 Å². The third kappa shape index (κ3) is 4.12. The van der Waals surface area contributed by atoms with Crippen LogP contribution in [0, 0.1) is 5.41 Å². The van der Waals surface area contributed by atoms with Gasteiger partial charge in [-0.3, -0.25) is 0 Å². The van der Waals surface area contributed by atoms with Crippen molar-refractivity contribution < 1.29 is 4.74 Å². The highest BCUT2D eigenvalue weighted by molar-refractivity contribution is 7.99. The number of hydrogen-bond acceptors (Lipinski definition) is 4. The van der Waals surface area contributed by atoms with E-state index >= 15 is 0 Å². The van der Waals surface area contributed by atoms with Gasteiger partial charge in [0, 0.05) is 37.4 Å². The lowest BCUT2D eigenvalue weighted by Crippen LogP contribution is -2.45. The van der Waals surface area contributed by atoms with Gasteiger partial charge in [-0.25, -0.2) is 0 Å². The van der Waals surface area contributed by atoms with E-state index in [-0.39, 0.29) is 0 Å². The molecule has 0 aromatic carbocycles. The van der Waals surface area contributed by atoms with Gasteiger partial charge in [-0.1, -0.05) is 6.92 Å². The number of ether oxygens (including phenoxy) is 1. The highest BCUT2D eigenvalue weighted by Crippen LogP contribution is 2.29. The first kappa shape index (κ1) is 13.7.